The average molecular weight is 237 g/mol. The summed E-state index contributed by atoms with van der Waals surface area (Å²) in [6.07, 6.45) is 2.24. The molecule has 1 amide bonds. The number of hydroxylamine groups is 1. The van der Waals surface area contributed by atoms with Crippen LogP contribution < -0.4 is 5.48 Å². The molecule has 1 aromatic heterocycles. The van der Waals surface area contributed by atoms with Crippen molar-refractivity contribution in [1.29, 1.82) is 0 Å². The average Bonchev–Trinajstić information content (AvgIpc) is 2.88. The van der Waals surface area contributed by atoms with Crippen LogP contribution in [0, 0.1) is 5.92 Å². The van der Waals surface area contributed by atoms with E-state index in [0.717, 1.165) is 17.4 Å². The van der Waals surface area contributed by atoms with Gasteiger partial charge in [0.25, 0.3) is 0 Å². The van der Waals surface area contributed by atoms with E-state index in [0.29, 0.717) is 25.4 Å². The Morgan fingerprint density at radius 3 is 3.00 bits per heavy atom. The van der Waals surface area contributed by atoms with Crippen LogP contribution in [0.25, 0.3) is 0 Å². The zero-order chi connectivity index (χ0) is 12.3. The third-order valence-corrected chi connectivity index (χ3v) is 3.09. The SMILES string of the molecule is CCONC(=O)CCc1ccc([C@@H]2C[C@@H]2C)o1. The van der Waals surface area contributed by atoms with Crippen LogP contribution in [-0.2, 0) is 16.1 Å². The van der Waals surface area contributed by atoms with Crippen LogP contribution >= 0.6 is 0 Å². The van der Waals surface area contributed by atoms with Crippen LogP contribution in [0.15, 0.2) is 16.5 Å². The van der Waals surface area contributed by atoms with Crippen LogP contribution in [0.3, 0.4) is 0 Å². The monoisotopic (exact) mass is 237 g/mol. The van der Waals surface area contributed by atoms with Gasteiger partial charge in [-0.15, -0.1) is 0 Å². The fraction of sp³-hybridized carbons (Fsp3) is 0.615. The lowest BCUT2D eigenvalue weighted by Gasteiger charge is -2.02. The van der Waals surface area contributed by atoms with Gasteiger partial charge in [0.05, 0.1) is 6.61 Å². The Labute approximate surface area is 101 Å². The first-order valence-electron chi connectivity index (χ1n) is 6.20. The van der Waals surface area contributed by atoms with Crippen molar-refractivity contribution in [2.24, 2.45) is 5.92 Å². The lowest BCUT2D eigenvalue weighted by molar-refractivity contribution is -0.133. The maximum Gasteiger partial charge on any atom is 0.243 e. The molecule has 1 aliphatic carbocycles. The minimum Gasteiger partial charge on any atom is -0.466 e. The van der Waals surface area contributed by atoms with Gasteiger partial charge in [-0.3, -0.25) is 9.63 Å². The predicted molar refractivity (Wildman–Crippen MR) is 63.3 cm³/mol. The fourth-order valence-electron chi connectivity index (χ4n) is 1.89. The lowest BCUT2D eigenvalue weighted by atomic mass is 10.2. The predicted octanol–water partition coefficient (Wildman–Crippen LogP) is 2.40. The number of hydrogen-bond donors (Lipinski definition) is 1. The molecule has 0 bridgehead atoms. The van der Waals surface area contributed by atoms with Crippen molar-refractivity contribution in [3.8, 4) is 0 Å². The molecule has 0 radical (unpaired) electrons. The Kier molecular flexibility index (Phi) is 3.84. The first-order chi connectivity index (χ1) is 8.20. The second-order valence-electron chi connectivity index (χ2n) is 4.58. The number of carbonyl (C=O) groups is 1. The molecule has 1 N–H and O–H groups in total. The molecule has 1 saturated carbocycles. The van der Waals surface area contributed by atoms with Crippen molar-refractivity contribution in [3.63, 3.8) is 0 Å². The van der Waals surface area contributed by atoms with Crippen LogP contribution in [-0.4, -0.2) is 12.5 Å². The summed E-state index contributed by atoms with van der Waals surface area (Å²) in [6, 6.07) is 4.00. The molecule has 1 aliphatic rings. The summed E-state index contributed by atoms with van der Waals surface area (Å²) < 4.78 is 5.71. The zero-order valence-corrected chi connectivity index (χ0v) is 10.4. The van der Waals surface area contributed by atoms with Gasteiger partial charge in [-0.05, 0) is 31.4 Å². The molecule has 2 rings (SSSR count). The summed E-state index contributed by atoms with van der Waals surface area (Å²) in [5.74, 6) is 3.18. The van der Waals surface area contributed by atoms with Crippen molar-refractivity contribution in [2.45, 2.75) is 39.0 Å². The Hall–Kier alpha value is -1.29. The Morgan fingerprint density at radius 1 is 1.59 bits per heavy atom. The third kappa shape index (κ3) is 3.33. The van der Waals surface area contributed by atoms with E-state index in [2.05, 4.69) is 12.4 Å². The molecular weight excluding hydrogens is 218 g/mol. The van der Waals surface area contributed by atoms with E-state index >= 15 is 0 Å². The molecule has 4 nitrogen and oxygen atoms in total. The molecular formula is C13H19NO3. The summed E-state index contributed by atoms with van der Waals surface area (Å²) in [4.78, 5) is 16.1. The molecule has 4 heteroatoms. The third-order valence-electron chi connectivity index (χ3n) is 3.09. The number of rotatable bonds is 6. The minimum absolute atomic E-state index is 0.107. The quantitative estimate of drug-likeness (QED) is 0.773. The van der Waals surface area contributed by atoms with Crippen LogP contribution in [0.1, 0.15) is 44.1 Å². The molecule has 0 saturated heterocycles. The van der Waals surface area contributed by atoms with Crippen molar-refractivity contribution < 1.29 is 14.0 Å². The van der Waals surface area contributed by atoms with Gasteiger partial charge in [0.1, 0.15) is 11.5 Å². The molecule has 0 unspecified atom stereocenters. The second kappa shape index (κ2) is 5.36. The molecule has 0 spiro atoms. The van der Waals surface area contributed by atoms with Crippen LogP contribution in [0.2, 0.25) is 0 Å². The standard InChI is InChI=1S/C13H19NO3/c1-3-16-14-13(15)7-5-10-4-6-12(17-10)11-8-9(11)2/h4,6,9,11H,3,5,7-8H2,1-2H3,(H,14,15)/t9-,11+/m0/s1. The highest BCUT2D eigenvalue weighted by Gasteiger charge is 2.36. The second-order valence-corrected chi connectivity index (χ2v) is 4.58. The molecule has 1 aromatic rings. The molecule has 1 fully saturated rings. The van der Waals surface area contributed by atoms with Gasteiger partial charge >= 0.3 is 0 Å². The molecule has 1 heterocycles. The number of furan rings is 1. The van der Waals surface area contributed by atoms with E-state index < -0.39 is 0 Å². The van der Waals surface area contributed by atoms with E-state index in [1.165, 1.54) is 6.42 Å². The van der Waals surface area contributed by atoms with E-state index in [-0.39, 0.29) is 5.91 Å². The summed E-state index contributed by atoms with van der Waals surface area (Å²) in [6.45, 7) is 4.54. The topological polar surface area (TPSA) is 51.5 Å². The van der Waals surface area contributed by atoms with E-state index in [1.54, 1.807) is 0 Å². The van der Waals surface area contributed by atoms with Crippen LogP contribution in [0.5, 0.6) is 0 Å². The summed E-state index contributed by atoms with van der Waals surface area (Å²) in [7, 11) is 0. The Bertz CT molecular complexity index is 386. The van der Waals surface area contributed by atoms with Gasteiger partial charge in [0.15, 0.2) is 0 Å². The van der Waals surface area contributed by atoms with Crippen molar-refractivity contribution in [1.82, 2.24) is 5.48 Å². The van der Waals surface area contributed by atoms with Gasteiger partial charge in [-0.1, -0.05) is 6.92 Å². The maximum absolute atomic E-state index is 11.3. The van der Waals surface area contributed by atoms with E-state index in [1.807, 2.05) is 19.1 Å². The van der Waals surface area contributed by atoms with Crippen molar-refractivity contribution >= 4 is 5.91 Å². The van der Waals surface area contributed by atoms with E-state index in [9.17, 15) is 4.79 Å². The summed E-state index contributed by atoms with van der Waals surface area (Å²) in [5, 5.41) is 0. The number of hydrogen-bond acceptors (Lipinski definition) is 3. The molecule has 17 heavy (non-hydrogen) atoms. The fourth-order valence-corrected chi connectivity index (χ4v) is 1.89. The zero-order valence-electron chi connectivity index (χ0n) is 10.4. The Morgan fingerprint density at radius 2 is 2.35 bits per heavy atom. The molecule has 2 atom stereocenters. The van der Waals surface area contributed by atoms with Crippen LogP contribution in [0.4, 0.5) is 0 Å². The maximum atomic E-state index is 11.3. The smallest absolute Gasteiger partial charge is 0.243 e. The number of nitrogens with one attached hydrogen (secondary N) is 1. The number of carbonyl (C=O) groups excluding carboxylic acids is 1. The summed E-state index contributed by atoms with van der Waals surface area (Å²) in [5.41, 5.74) is 2.37. The number of amides is 1. The first kappa shape index (κ1) is 12.2. The highest BCUT2D eigenvalue weighted by Crippen LogP contribution is 2.47. The van der Waals surface area contributed by atoms with Crippen molar-refractivity contribution in [2.75, 3.05) is 6.61 Å². The van der Waals surface area contributed by atoms with Gasteiger partial charge in [-0.25, -0.2) is 5.48 Å². The first-order valence-corrected chi connectivity index (χ1v) is 6.20. The highest BCUT2D eigenvalue weighted by molar-refractivity contribution is 5.74. The van der Waals surface area contributed by atoms with Gasteiger partial charge in [0, 0.05) is 18.8 Å². The highest BCUT2D eigenvalue weighted by atomic mass is 16.6. The van der Waals surface area contributed by atoms with Crippen molar-refractivity contribution in [3.05, 3.63) is 23.7 Å². The number of aryl methyl sites for hydroxylation is 1. The minimum atomic E-state index is -0.107. The van der Waals surface area contributed by atoms with Gasteiger partial charge in [0.2, 0.25) is 5.91 Å². The molecule has 94 valence electrons. The van der Waals surface area contributed by atoms with E-state index in [4.69, 9.17) is 9.25 Å². The normalized spacial score (nSPS) is 22.5. The van der Waals surface area contributed by atoms with Gasteiger partial charge in [-0.2, -0.15) is 0 Å². The molecule has 0 aromatic carbocycles. The summed E-state index contributed by atoms with van der Waals surface area (Å²) >= 11 is 0. The largest absolute Gasteiger partial charge is 0.466 e. The molecule has 0 aliphatic heterocycles. The lowest BCUT2D eigenvalue weighted by Crippen LogP contribution is -2.23. The van der Waals surface area contributed by atoms with Gasteiger partial charge < -0.3 is 4.42 Å². The Balaban J connectivity index is 1.75.